The second-order valence-corrected chi connectivity index (χ2v) is 3.39. The van der Waals surface area contributed by atoms with Gasteiger partial charge in [-0.25, -0.2) is 10.8 Å². The summed E-state index contributed by atoms with van der Waals surface area (Å²) in [5.41, 5.74) is 2.36. The predicted octanol–water partition coefficient (Wildman–Crippen LogP) is 0.0353. The fourth-order valence-electron chi connectivity index (χ4n) is 0.753. The number of rotatable bonds is 3. The highest BCUT2D eigenvalue weighted by atomic mass is 32.2. The fourth-order valence-corrected chi connectivity index (χ4v) is 1.49. The minimum Gasteiger partial charge on any atom is -0.294 e. The Morgan fingerprint density at radius 2 is 2.57 bits per heavy atom. The number of thioether (sulfide) groups is 1. The van der Waals surface area contributed by atoms with Gasteiger partial charge >= 0.3 is 0 Å². The van der Waals surface area contributed by atoms with E-state index in [4.69, 9.17) is 11.1 Å². The molecule has 0 unspecified atom stereocenters. The lowest BCUT2D eigenvalue weighted by Crippen LogP contribution is -2.31. The predicted molar refractivity (Wildman–Crippen MR) is 52.0 cm³/mol. The molecule has 0 aliphatic rings. The molecule has 1 aromatic heterocycles. The molecule has 1 heterocycles. The van der Waals surface area contributed by atoms with Crippen LogP contribution in [-0.4, -0.2) is 16.6 Å². The van der Waals surface area contributed by atoms with Crippen LogP contribution < -0.4 is 11.3 Å². The number of carbonyl (C=O) groups is 1. The molecule has 3 N–H and O–H groups in total. The van der Waals surface area contributed by atoms with E-state index < -0.39 is 0 Å². The van der Waals surface area contributed by atoms with Crippen molar-refractivity contribution in [2.24, 2.45) is 5.84 Å². The lowest BCUT2D eigenvalue weighted by atomic mass is 10.4. The van der Waals surface area contributed by atoms with Crippen molar-refractivity contribution in [3.63, 3.8) is 0 Å². The van der Waals surface area contributed by atoms with Crippen molar-refractivity contribution in [1.29, 1.82) is 5.26 Å². The third-order valence-electron chi connectivity index (χ3n) is 1.38. The number of nitrogens with zero attached hydrogens (tertiary/aromatic N) is 2. The number of hydrogen-bond donors (Lipinski definition) is 2. The van der Waals surface area contributed by atoms with Gasteiger partial charge in [-0.1, -0.05) is 0 Å². The Morgan fingerprint density at radius 1 is 1.79 bits per heavy atom. The van der Waals surface area contributed by atoms with Crippen LogP contribution >= 0.6 is 11.8 Å². The van der Waals surface area contributed by atoms with Gasteiger partial charge in [0.25, 0.3) is 0 Å². The fraction of sp³-hybridized carbons (Fsp3) is 0.125. The highest BCUT2D eigenvalue weighted by Crippen LogP contribution is 2.16. The van der Waals surface area contributed by atoms with Gasteiger partial charge in [-0.15, -0.1) is 11.8 Å². The Morgan fingerprint density at radius 3 is 3.21 bits per heavy atom. The second-order valence-electron chi connectivity index (χ2n) is 2.34. The summed E-state index contributed by atoms with van der Waals surface area (Å²) >= 11 is 1.30. The van der Waals surface area contributed by atoms with Crippen molar-refractivity contribution in [2.75, 3.05) is 5.75 Å². The van der Waals surface area contributed by atoms with Crippen LogP contribution in [0.4, 0.5) is 0 Å². The molecule has 0 saturated carbocycles. The van der Waals surface area contributed by atoms with E-state index in [-0.39, 0.29) is 11.7 Å². The first kappa shape index (κ1) is 10.5. The van der Waals surface area contributed by atoms with Crippen molar-refractivity contribution in [1.82, 2.24) is 10.4 Å². The second kappa shape index (κ2) is 5.21. The number of hydrazine groups is 1. The van der Waals surface area contributed by atoms with Gasteiger partial charge in [0.1, 0.15) is 11.8 Å². The number of nitriles is 1. The lowest BCUT2D eigenvalue weighted by Gasteiger charge is -1.99. The maximum Gasteiger partial charge on any atom is 0.244 e. The molecule has 0 aliphatic carbocycles. The Hall–Kier alpha value is -1.58. The van der Waals surface area contributed by atoms with E-state index in [2.05, 4.69) is 4.98 Å². The molecular formula is C8H8N4OS. The van der Waals surface area contributed by atoms with Crippen LogP contribution in [0.2, 0.25) is 0 Å². The van der Waals surface area contributed by atoms with Crippen LogP contribution in [0.5, 0.6) is 0 Å². The molecule has 6 heteroatoms. The number of hydrogen-bond acceptors (Lipinski definition) is 5. The lowest BCUT2D eigenvalue weighted by molar-refractivity contribution is -0.118. The van der Waals surface area contributed by atoms with E-state index in [0.29, 0.717) is 5.69 Å². The highest BCUT2D eigenvalue weighted by Gasteiger charge is 2.01. The van der Waals surface area contributed by atoms with Gasteiger partial charge in [0.05, 0.1) is 5.75 Å². The monoisotopic (exact) mass is 208 g/mol. The van der Waals surface area contributed by atoms with Gasteiger partial charge in [0.2, 0.25) is 5.91 Å². The standard InChI is InChI=1S/C8H8N4OS/c9-4-6-3-7(1-2-11-6)14-5-8(13)12-10/h1-3H,5,10H2,(H,12,13). The van der Waals surface area contributed by atoms with E-state index in [1.807, 2.05) is 11.5 Å². The first-order valence-corrected chi connectivity index (χ1v) is 4.73. The number of nitrogens with one attached hydrogen (secondary N) is 1. The third-order valence-corrected chi connectivity index (χ3v) is 2.37. The Balaban J connectivity index is 2.60. The van der Waals surface area contributed by atoms with Crippen molar-refractivity contribution in [2.45, 2.75) is 4.90 Å². The number of amides is 1. The van der Waals surface area contributed by atoms with Gasteiger partial charge in [0.15, 0.2) is 0 Å². The quantitative estimate of drug-likeness (QED) is 0.316. The highest BCUT2D eigenvalue weighted by molar-refractivity contribution is 8.00. The molecule has 1 aromatic rings. The molecule has 0 saturated heterocycles. The zero-order chi connectivity index (χ0) is 10.4. The first-order valence-electron chi connectivity index (χ1n) is 3.74. The Labute approximate surface area is 85.3 Å². The number of carbonyl (C=O) groups excluding carboxylic acids is 1. The van der Waals surface area contributed by atoms with E-state index in [1.165, 1.54) is 18.0 Å². The first-order chi connectivity index (χ1) is 6.76. The van der Waals surface area contributed by atoms with Gasteiger partial charge in [-0.05, 0) is 12.1 Å². The van der Waals surface area contributed by atoms with Crippen LogP contribution in [0.1, 0.15) is 5.69 Å². The van der Waals surface area contributed by atoms with E-state index >= 15 is 0 Å². The summed E-state index contributed by atoms with van der Waals surface area (Å²) < 4.78 is 0. The Bertz CT molecular complexity index is 374. The van der Waals surface area contributed by atoms with Gasteiger partial charge in [0, 0.05) is 11.1 Å². The van der Waals surface area contributed by atoms with Crippen LogP contribution in [-0.2, 0) is 4.79 Å². The average Bonchev–Trinajstić information content (AvgIpc) is 2.26. The number of nitrogens with two attached hydrogens (primary N) is 1. The van der Waals surface area contributed by atoms with Crippen LogP contribution in [0, 0.1) is 11.3 Å². The topological polar surface area (TPSA) is 91.8 Å². The molecule has 72 valence electrons. The molecule has 0 fully saturated rings. The molecule has 0 spiro atoms. The summed E-state index contributed by atoms with van der Waals surface area (Å²) in [5.74, 6) is 4.88. The maximum absolute atomic E-state index is 10.8. The van der Waals surface area contributed by atoms with Gasteiger partial charge < -0.3 is 0 Å². The van der Waals surface area contributed by atoms with Crippen LogP contribution in [0.15, 0.2) is 23.2 Å². The van der Waals surface area contributed by atoms with Gasteiger partial charge in [-0.3, -0.25) is 10.2 Å². The molecule has 5 nitrogen and oxygen atoms in total. The third kappa shape index (κ3) is 3.05. The van der Waals surface area contributed by atoms with E-state index in [9.17, 15) is 4.79 Å². The minimum atomic E-state index is -0.259. The average molecular weight is 208 g/mol. The van der Waals surface area contributed by atoms with Crippen molar-refractivity contribution >= 4 is 17.7 Å². The van der Waals surface area contributed by atoms with E-state index in [0.717, 1.165) is 4.90 Å². The summed E-state index contributed by atoms with van der Waals surface area (Å²) in [6.45, 7) is 0. The number of aromatic nitrogens is 1. The number of pyridine rings is 1. The van der Waals surface area contributed by atoms with Crippen molar-refractivity contribution in [3.05, 3.63) is 24.0 Å². The normalized spacial score (nSPS) is 9.14. The minimum absolute atomic E-state index is 0.228. The molecule has 14 heavy (non-hydrogen) atoms. The van der Waals surface area contributed by atoms with Gasteiger partial charge in [-0.2, -0.15) is 5.26 Å². The van der Waals surface area contributed by atoms with Crippen molar-refractivity contribution < 1.29 is 4.79 Å². The molecule has 0 bridgehead atoms. The molecule has 0 aromatic carbocycles. The molecule has 1 amide bonds. The zero-order valence-corrected chi connectivity index (χ0v) is 8.04. The zero-order valence-electron chi connectivity index (χ0n) is 7.23. The van der Waals surface area contributed by atoms with Crippen molar-refractivity contribution in [3.8, 4) is 6.07 Å². The molecule has 0 radical (unpaired) electrons. The summed E-state index contributed by atoms with van der Waals surface area (Å²) in [4.78, 5) is 15.4. The smallest absolute Gasteiger partial charge is 0.244 e. The maximum atomic E-state index is 10.8. The summed E-state index contributed by atoms with van der Waals surface area (Å²) in [7, 11) is 0. The molecule has 1 rings (SSSR count). The molecular weight excluding hydrogens is 200 g/mol. The van der Waals surface area contributed by atoms with Crippen LogP contribution in [0.3, 0.4) is 0 Å². The Kier molecular flexibility index (Phi) is 3.91. The van der Waals surface area contributed by atoms with E-state index in [1.54, 1.807) is 12.1 Å². The largest absolute Gasteiger partial charge is 0.294 e. The summed E-state index contributed by atoms with van der Waals surface area (Å²) in [6, 6.07) is 5.27. The molecule has 0 aliphatic heterocycles. The van der Waals surface area contributed by atoms with Crippen LogP contribution in [0.25, 0.3) is 0 Å². The SMILES string of the molecule is N#Cc1cc(SCC(=O)NN)ccn1. The summed E-state index contributed by atoms with van der Waals surface area (Å²) in [6.07, 6.45) is 1.53. The molecule has 0 atom stereocenters. The summed E-state index contributed by atoms with van der Waals surface area (Å²) in [5, 5.41) is 8.56.